The largest absolute Gasteiger partial charge is 0.446 e. The van der Waals surface area contributed by atoms with E-state index in [1.165, 1.54) is 30.5 Å². The molecule has 3 N–H and O–H groups in total. The van der Waals surface area contributed by atoms with Gasteiger partial charge in [-0.3, -0.25) is 15.5 Å². The average molecular weight is 293 g/mol. The first-order valence-corrected chi connectivity index (χ1v) is 5.78. The number of nitrogens with one attached hydrogen (secondary N) is 1. The Morgan fingerprint density at radius 1 is 1.40 bits per heavy atom. The Kier molecular flexibility index (Phi) is 3.81. The smallest absolute Gasteiger partial charge is 0.313 e. The standard InChI is InChI=1S/C12H9ClN4O3/c13-7-3-1-4-8(17(18)19)11(7)20-9-5-2-6-16-10(9)12(14)15/h1-6H,(H3,14,15). The number of hydrogen-bond acceptors (Lipinski definition) is 5. The summed E-state index contributed by atoms with van der Waals surface area (Å²) in [5.41, 5.74) is 5.18. The van der Waals surface area contributed by atoms with Crippen LogP contribution in [0.3, 0.4) is 0 Å². The summed E-state index contributed by atoms with van der Waals surface area (Å²) in [7, 11) is 0. The summed E-state index contributed by atoms with van der Waals surface area (Å²) < 4.78 is 5.44. The van der Waals surface area contributed by atoms with Crippen LogP contribution in [-0.2, 0) is 0 Å². The van der Waals surface area contributed by atoms with E-state index in [0.29, 0.717) is 0 Å². The van der Waals surface area contributed by atoms with E-state index < -0.39 is 4.92 Å². The van der Waals surface area contributed by atoms with Gasteiger partial charge in [-0.05, 0) is 18.2 Å². The maximum Gasteiger partial charge on any atom is 0.313 e. The number of pyridine rings is 1. The van der Waals surface area contributed by atoms with Crippen LogP contribution in [0.1, 0.15) is 5.69 Å². The Bertz CT molecular complexity index is 690. The van der Waals surface area contributed by atoms with Crippen molar-refractivity contribution < 1.29 is 9.66 Å². The molecule has 0 aliphatic carbocycles. The van der Waals surface area contributed by atoms with Gasteiger partial charge in [0.1, 0.15) is 11.5 Å². The van der Waals surface area contributed by atoms with Crippen molar-refractivity contribution in [2.75, 3.05) is 0 Å². The third-order valence-electron chi connectivity index (χ3n) is 2.38. The highest BCUT2D eigenvalue weighted by molar-refractivity contribution is 6.32. The number of hydrogen-bond donors (Lipinski definition) is 2. The van der Waals surface area contributed by atoms with Crippen molar-refractivity contribution in [3.8, 4) is 11.5 Å². The number of ether oxygens (including phenoxy) is 1. The number of nitrogens with two attached hydrogens (primary N) is 1. The van der Waals surface area contributed by atoms with E-state index >= 15 is 0 Å². The first kappa shape index (κ1) is 13.8. The second-order valence-corrected chi connectivity index (χ2v) is 4.12. The van der Waals surface area contributed by atoms with Crippen molar-refractivity contribution in [2.45, 2.75) is 0 Å². The molecule has 2 rings (SSSR count). The van der Waals surface area contributed by atoms with Crippen molar-refractivity contribution >= 4 is 23.1 Å². The number of halogens is 1. The summed E-state index contributed by atoms with van der Waals surface area (Å²) in [5.74, 6) is -0.304. The number of nitrogens with zero attached hydrogens (tertiary/aromatic N) is 2. The molecule has 7 nitrogen and oxygen atoms in total. The number of benzene rings is 1. The Balaban J connectivity index is 2.51. The fourth-order valence-electron chi connectivity index (χ4n) is 1.53. The summed E-state index contributed by atoms with van der Waals surface area (Å²) >= 11 is 5.92. The van der Waals surface area contributed by atoms with Gasteiger partial charge in [0.2, 0.25) is 5.75 Å². The van der Waals surface area contributed by atoms with Gasteiger partial charge in [-0.15, -0.1) is 0 Å². The molecule has 1 aromatic carbocycles. The van der Waals surface area contributed by atoms with Gasteiger partial charge >= 0.3 is 5.69 Å². The van der Waals surface area contributed by atoms with Crippen molar-refractivity contribution in [1.29, 1.82) is 5.41 Å². The maximum atomic E-state index is 11.0. The lowest BCUT2D eigenvalue weighted by molar-refractivity contribution is -0.385. The van der Waals surface area contributed by atoms with E-state index in [1.54, 1.807) is 6.07 Å². The first-order valence-electron chi connectivity index (χ1n) is 5.41. The van der Waals surface area contributed by atoms with Crippen LogP contribution in [0.5, 0.6) is 11.5 Å². The van der Waals surface area contributed by atoms with Crippen LogP contribution in [-0.4, -0.2) is 15.7 Å². The van der Waals surface area contributed by atoms with Crippen LogP contribution in [0.15, 0.2) is 36.5 Å². The minimum Gasteiger partial charge on any atom is -0.446 e. The molecule has 0 unspecified atom stereocenters. The van der Waals surface area contributed by atoms with Gasteiger partial charge < -0.3 is 10.5 Å². The summed E-state index contributed by atoms with van der Waals surface area (Å²) in [4.78, 5) is 14.3. The van der Waals surface area contributed by atoms with E-state index in [9.17, 15) is 10.1 Å². The highest BCUT2D eigenvalue weighted by atomic mass is 35.5. The zero-order valence-electron chi connectivity index (χ0n) is 10.0. The molecule has 0 saturated heterocycles. The zero-order chi connectivity index (χ0) is 14.7. The Hall–Kier alpha value is -2.67. The molecular formula is C12H9ClN4O3. The summed E-state index contributed by atoms with van der Waals surface area (Å²) in [6, 6.07) is 7.24. The third-order valence-corrected chi connectivity index (χ3v) is 2.68. The number of rotatable bonds is 4. The van der Waals surface area contributed by atoms with E-state index in [4.69, 9.17) is 27.5 Å². The van der Waals surface area contributed by atoms with Crippen LogP contribution < -0.4 is 10.5 Å². The molecule has 2 aromatic rings. The van der Waals surface area contributed by atoms with E-state index in [0.717, 1.165) is 0 Å². The Morgan fingerprint density at radius 3 is 2.80 bits per heavy atom. The molecule has 0 bridgehead atoms. The topological polar surface area (TPSA) is 115 Å². The van der Waals surface area contributed by atoms with Crippen LogP contribution in [0, 0.1) is 15.5 Å². The summed E-state index contributed by atoms with van der Waals surface area (Å²) in [6.45, 7) is 0. The zero-order valence-corrected chi connectivity index (χ0v) is 10.8. The van der Waals surface area contributed by atoms with Gasteiger partial charge in [-0.2, -0.15) is 0 Å². The molecule has 0 amide bonds. The molecule has 0 atom stereocenters. The lowest BCUT2D eigenvalue weighted by Gasteiger charge is -2.10. The second-order valence-electron chi connectivity index (χ2n) is 3.71. The molecule has 8 heteroatoms. The first-order chi connectivity index (χ1) is 9.50. The lowest BCUT2D eigenvalue weighted by atomic mass is 10.2. The number of amidine groups is 1. The molecule has 0 saturated carbocycles. The molecule has 1 heterocycles. The van der Waals surface area contributed by atoms with Gasteiger partial charge in [-0.25, -0.2) is 4.98 Å². The van der Waals surface area contributed by atoms with Gasteiger partial charge in [0.05, 0.1) is 9.95 Å². The lowest BCUT2D eigenvalue weighted by Crippen LogP contribution is -2.14. The van der Waals surface area contributed by atoms with E-state index in [2.05, 4.69) is 4.98 Å². The minimum absolute atomic E-state index is 0.0811. The van der Waals surface area contributed by atoms with Crippen LogP contribution in [0.25, 0.3) is 0 Å². The van der Waals surface area contributed by atoms with Gasteiger partial charge in [0.15, 0.2) is 5.75 Å². The second kappa shape index (κ2) is 5.54. The molecule has 1 aromatic heterocycles. The number of para-hydroxylation sites is 1. The molecular weight excluding hydrogens is 284 g/mol. The van der Waals surface area contributed by atoms with Crippen molar-refractivity contribution in [1.82, 2.24) is 4.98 Å². The third kappa shape index (κ3) is 2.67. The van der Waals surface area contributed by atoms with E-state index in [1.807, 2.05) is 0 Å². The Labute approximate surface area is 118 Å². The fraction of sp³-hybridized carbons (Fsp3) is 0. The van der Waals surface area contributed by atoms with Crippen LogP contribution in [0.4, 0.5) is 5.69 Å². The molecule has 0 spiro atoms. The van der Waals surface area contributed by atoms with Crippen LogP contribution >= 0.6 is 11.6 Å². The van der Waals surface area contributed by atoms with Crippen molar-refractivity contribution in [2.24, 2.45) is 5.73 Å². The van der Waals surface area contributed by atoms with Gasteiger partial charge in [0, 0.05) is 12.3 Å². The molecule has 0 radical (unpaired) electrons. The fourth-order valence-corrected chi connectivity index (χ4v) is 1.74. The molecule has 102 valence electrons. The Morgan fingerprint density at radius 2 is 2.15 bits per heavy atom. The predicted octanol–water partition coefficient (Wildman–Crippen LogP) is 2.72. The van der Waals surface area contributed by atoms with Gasteiger partial charge in [0.25, 0.3) is 0 Å². The number of nitrogen functional groups attached to an aromatic ring is 1. The highest BCUT2D eigenvalue weighted by Crippen LogP contribution is 2.38. The quantitative estimate of drug-likeness (QED) is 0.389. The molecule has 0 aliphatic heterocycles. The SMILES string of the molecule is N=C(N)c1ncccc1Oc1c(Cl)cccc1[N+](=O)[O-]. The van der Waals surface area contributed by atoms with E-state index in [-0.39, 0.29) is 33.7 Å². The summed E-state index contributed by atoms with van der Waals surface area (Å²) in [6.07, 6.45) is 1.44. The highest BCUT2D eigenvalue weighted by Gasteiger charge is 2.20. The normalized spacial score (nSPS) is 10.1. The predicted molar refractivity (Wildman–Crippen MR) is 73.4 cm³/mol. The molecule has 20 heavy (non-hydrogen) atoms. The monoisotopic (exact) mass is 292 g/mol. The summed E-state index contributed by atoms with van der Waals surface area (Å²) in [5, 5.41) is 18.5. The molecule has 0 aliphatic rings. The number of nitro benzene ring substituents is 1. The van der Waals surface area contributed by atoms with Crippen molar-refractivity contribution in [3.05, 3.63) is 57.4 Å². The van der Waals surface area contributed by atoms with Crippen LogP contribution in [0.2, 0.25) is 5.02 Å². The minimum atomic E-state index is -0.606. The van der Waals surface area contributed by atoms with Crippen molar-refractivity contribution in [3.63, 3.8) is 0 Å². The average Bonchev–Trinajstić information content (AvgIpc) is 2.41. The number of aromatic nitrogens is 1. The molecule has 0 fully saturated rings. The van der Waals surface area contributed by atoms with Gasteiger partial charge in [-0.1, -0.05) is 17.7 Å². The number of nitro groups is 1. The maximum absolute atomic E-state index is 11.0.